The molecule has 0 saturated heterocycles. The second-order valence-electron chi connectivity index (χ2n) is 7.15. The van der Waals surface area contributed by atoms with E-state index in [2.05, 4.69) is 9.97 Å². The molecule has 6 nitrogen and oxygen atoms in total. The van der Waals surface area contributed by atoms with Crippen LogP contribution in [-0.2, 0) is 21.2 Å². The third kappa shape index (κ3) is 4.98. The summed E-state index contributed by atoms with van der Waals surface area (Å²) in [6, 6.07) is 19.8. The number of sulfone groups is 1. The maximum atomic E-state index is 13.2. The Morgan fingerprint density at radius 1 is 1.00 bits per heavy atom. The molecule has 4 aromatic rings. The van der Waals surface area contributed by atoms with E-state index in [1.807, 2.05) is 49.4 Å². The van der Waals surface area contributed by atoms with Crippen LogP contribution in [0.25, 0.3) is 10.2 Å². The second kappa shape index (κ2) is 8.95. The van der Waals surface area contributed by atoms with E-state index >= 15 is 0 Å². The van der Waals surface area contributed by atoms with E-state index < -0.39 is 9.84 Å². The minimum atomic E-state index is -3.57. The van der Waals surface area contributed by atoms with E-state index in [9.17, 15) is 13.2 Å². The van der Waals surface area contributed by atoms with Gasteiger partial charge in [0.25, 0.3) is 0 Å². The number of carbonyl (C=O) groups excluding carboxylic acids is 1. The predicted octanol–water partition coefficient (Wildman–Crippen LogP) is 4.40. The van der Waals surface area contributed by atoms with Gasteiger partial charge in [-0.1, -0.05) is 47.2 Å². The summed E-state index contributed by atoms with van der Waals surface area (Å²) >= 11 is 1.40. The van der Waals surface area contributed by atoms with E-state index in [-0.39, 0.29) is 29.5 Å². The normalized spacial score (nSPS) is 11.5. The second-order valence-corrected chi connectivity index (χ2v) is 10.3. The standard InChI is InChI=1S/C23H21N3O3S2/c1-17-9-11-19(12-10-17)31(28,29)15-13-22(27)26(16-18-6-4-5-14-24-18)23-25-20-7-2-3-8-21(20)30-23/h2-12,14H,13,15-16H2,1H3. The van der Waals surface area contributed by atoms with Gasteiger partial charge in [0.2, 0.25) is 5.91 Å². The van der Waals surface area contributed by atoms with Gasteiger partial charge in [-0.2, -0.15) is 0 Å². The molecule has 0 aliphatic heterocycles. The molecule has 158 valence electrons. The third-order valence-electron chi connectivity index (χ3n) is 4.83. The summed E-state index contributed by atoms with van der Waals surface area (Å²) < 4.78 is 26.4. The molecule has 2 aromatic carbocycles. The van der Waals surface area contributed by atoms with Crippen LogP contribution < -0.4 is 4.90 Å². The predicted molar refractivity (Wildman–Crippen MR) is 123 cm³/mol. The Morgan fingerprint density at radius 3 is 2.45 bits per heavy atom. The molecule has 8 heteroatoms. The van der Waals surface area contributed by atoms with Gasteiger partial charge in [0.1, 0.15) is 0 Å². The number of aryl methyl sites for hydroxylation is 1. The number of benzene rings is 2. The number of pyridine rings is 1. The Kier molecular flexibility index (Phi) is 6.11. The van der Waals surface area contributed by atoms with Crippen LogP contribution in [-0.4, -0.2) is 30.0 Å². The number of hydrogen-bond donors (Lipinski definition) is 0. The lowest BCUT2D eigenvalue weighted by atomic mass is 10.2. The first-order valence-corrected chi connectivity index (χ1v) is 12.2. The number of aromatic nitrogens is 2. The van der Waals surface area contributed by atoms with Crippen molar-refractivity contribution in [1.29, 1.82) is 0 Å². The van der Waals surface area contributed by atoms with Crippen LogP contribution in [0.2, 0.25) is 0 Å². The van der Waals surface area contributed by atoms with Crippen LogP contribution in [0.5, 0.6) is 0 Å². The topological polar surface area (TPSA) is 80.2 Å². The summed E-state index contributed by atoms with van der Waals surface area (Å²) in [6.45, 7) is 2.12. The zero-order chi connectivity index (χ0) is 21.8. The van der Waals surface area contributed by atoms with E-state index in [4.69, 9.17) is 0 Å². The van der Waals surface area contributed by atoms with Crippen molar-refractivity contribution in [2.24, 2.45) is 0 Å². The summed E-state index contributed by atoms with van der Waals surface area (Å²) in [6.07, 6.45) is 1.52. The molecule has 31 heavy (non-hydrogen) atoms. The largest absolute Gasteiger partial charge is 0.282 e. The Balaban J connectivity index is 1.58. The SMILES string of the molecule is Cc1ccc(S(=O)(=O)CCC(=O)N(Cc2ccccn2)c2nc3ccccc3s2)cc1. The van der Waals surface area contributed by atoms with E-state index in [1.54, 1.807) is 30.5 Å². The Bertz CT molecular complexity index is 1270. The quantitative estimate of drug-likeness (QED) is 0.416. The zero-order valence-corrected chi connectivity index (χ0v) is 18.6. The summed E-state index contributed by atoms with van der Waals surface area (Å²) in [7, 11) is -3.57. The third-order valence-corrected chi connectivity index (χ3v) is 7.62. The molecule has 4 rings (SSSR count). The number of fused-ring (bicyclic) bond motifs is 1. The molecule has 2 aromatic heterocycles. The summed E-state index contributed by atoms with van der Waals surface area (Å²) in [5.74, 6) is -0.571. The fraction of sp³-hybridized carbons (Fsp3) is 0.174. The molecule has 0 spiro atoms. The number of amides is 1. The Hall–Kier alpha value is -3.10. The van der Waals surface area contributed by atoms with Gasteiger partial charge in [0.05, 0.1) is 33.1 Å². The zero-order valence-electron chi connectivity index (χ0n) is 16.9. The van der Waals surface area contributed by atoms with Crippen molar-refractivity contribution in [1.82, 2.24) is 9.97 Å². The van der Waals surface area contributed by atoms with E-state index in [0.717, 1.165) is 15.8 Å². The highest BCUT2D eigenvalue weighted by molar-refractivity contribution is 7.91. The fourth-order valence-corrected chi connectivity index (χ4v) is 5.32. The first-order valence-electron chi connectivity index (χ1n) is 9.78. The first-order chi connectivity index (χ1) is 14.9. The van der Waals surface area contributed by atoms with Crippen LogP contribution >= 0.6 is 11.3 Å². The van der Waals surface area contributed by atoms with Crippen molar-refractivity contribution in [3.8, 4) is 0 Å². The van der Waals surface area contributed by atoms with Crippen LogP contribution in [0.3, 0.4) is 0 Å². The molecular weight excluding hydrogens is 430 g/mol. The Labute approximate surface area is 185 Å². The van der Waals surface area contributed by atoms with E-state index in [0.29, 0.717) is 10.8 Å². The monoisotopic (exact) mass is 451 g/mol. The van der Waals surface area contributed by atoms with Gasteiger partial charge < -0.3 is 0 Å². The highest BCUT2D eigenvalue weighted by atomic mass is 32.2. The van der Waals surface area contributed by atoms with Gasteiger partial charge in [-0.05, 0) is 43.3 Å². The number of carbonyl (C=O) groups is 1. The lowest BCUT2D eigenvalue weighted by Crippen LogP contribution is -2.32. The van der Waals surface area contributed by atoms with Crippen molar-refractivity contribution in [2.45, 2.75) is 24.8 Å². The van der Waals surface area contributed by atoms with Gasteiger partial charge in [-0.3, -0.25) is 14.7 Å². The lowest BCUT2D eigenvalue weighted by Gasteiger charge is -2.19. The number of nitrogens with zero attached hydrogens (tertiary/aromatic N) is 3. The average molecular weight is 452 g/mol. The van der Waals surface area contributed by atoms with Crippen molar-refractivity contribution in [3.63, 3.8) is 0 Å². The van der Waals surface area contributed by atoms with Gasteiger partial charge in [-0.15, -0.1) is 0 Å². The van der Waals surface area contributed by atoms with E-state index in [1.165, 1.54) is 16.2 Å². The van der Waals surface area contributed by atoms with Crippen LogP contribution in [0.1, 0.15) is 17.7 Å². The molecule has 0 unspecified atom stereocenters. The molecular formula is C23H21N3O3S2. The summed E-state index contributed by atoms with van der Waals surface area (Å²) in [4.78, 5) is 23.8. The van der Waals surface area contributed by atoms with Gasteiger partial charge >= 0.3 is 0 Å². The maximum absolute atomic E-state index is 13.2. The van der Waals surface area contributed by atoms with Gasteiger partial charge in [0, 0.05) is 12.6 Å². The molecule has 0 N–H and O–H groups in total. The molecule has 0 aliphatic rings. The molecule has 0 aliphatic carbocycles. The van der Waals surface area contributed by atoms with Crippen LogP contribution in [0.15, 0.2) is 77.8 Å². The summed E-state index contributed by atoms with van der Waals surface area (Å²) in [5, 5.41) is 0.532. The minimum Gasteiger partial charge on any atom is -0.282 e. The molecule has 2 heterocycles. The van der Waals surface area contributed by atoms with Gasteiger partial charge in [-0.25, -0.2) is 13.4 Å². The molecule has 1 amide bonds. The highest BCUT2D eigenvalue weighted by Crippen LogP contribution is 2.30. The fourth-order valence-electron chi connectivity index (χ4n) is 3.11. The maximum Gasteiger partial charge on any atom is 0.230 e. The number of anilines is 1. The number of para-hydroxylation sites is 1. The van der Waals surface area contributed by atoms with Crippen molar-refractivity contribution >= 4 is 42.4 Å². The highest BCUT2D eigenvalue weighted by Gasteiger charge is 2.23. The summed E-state index contributed by atoms with van der Waals surface area (Å²) in [5.41, 5.74) is 2.48. The number of rotatable bonds is 7. The smallest absolute Gasteiger partial charge is 0.230 e. The van der Waals surface area contributed by atoms with Crippen molar-refractivity contribution < 1.29 is 13.2 Å². The molecule has 0 radical (unpaired) electrons. The molecule has 0 fully saturated rings. The number of hydrogen-bond acceptors (Lipinski definition) is 6. The van der Waals surface area contributed by atoms with Crippen molar-refractivity contribution in [3.05, 3.63) is 84.2 Å². The van der Waals surface area contributed by atoms with Crippen LogP contribution in [0, 0.1) is 6.92 Å². The van der Waals surface area contributed by atoms with Crippen LogP contribution in [0.4, 0.5) is 5.13 Å². The van der Waals surface area contributed by atoms with Crippen molar-refractivity contribution in [2.75, 3.05) is 10.7 Å². The molecule has 0 atom stereocenters. The number of thiazole rings is 1. The first kappa shape index (κ1) is 21.1. The van der Waals surface area contributed by atoms with Gasteiger partial charge in [0.15, 0.2) is 15.0 Å². The molecule has 0 bridgehead atoms. The minimum absolute atomic E-state index is 0.140. The molecule has 0 saturated carbocycles. The Morgan fingerprint density at radius 2 is 1.74 bits per heavy atom. The average Bonchev–Trinajstić information content (AvgIpc) is 3.21. The lowest BCUT2D eigenvalue weighted by molar-refractivity contribution is -0.118.